The van der Waals surface area contributed by atoms with Gasteiger partial charge in [0.15, 0.2) is 5.13 Å². The van der Waals surface area contributed by atoms with Crippen LogP contribution in [-0.4, -0.2) is 25.2 Å². The average Bonchev–Trinajstić information content (AvgIpc) is 2.69. The first-order valence-electron chi connectivity index (χ1n) is 5.50. The Balaban J connectivity index is 2.47. The molecule has 0 aliphatic rings. The van der Waals surface area contributed by atoms with Gasteiger partial charge >= 0.3 is 0 Å². The van der Waals surface area contributed by atoms with Crippen molar-refractivity contribution in [1.29, 1.82) is 0 Å². The minimum absolute atomic E-state index is 0.667. The maximum atomic E-state index is 4.97. The van der Waals surface area contributed by atoms with E-state index < -0.39 is 0 Å². The van der Waals surface area contributed by atoms with Crippen molar-refractivity contribution < 1.29 is 4.74 Å². The lowest BCUT2D eigenvalue weighted by molar-refractivity contribution is 0.211. The first kappa shape index (κ1) is 12.5. The Morgan fingerprint density at radius 3 is 2.80 bits per heavy atom. The van der Waals surface area contributed by atoms with Gasteiger partial charge in [-0.1, -0.05) is 13.8 Å². The van der Waals surface area contributed by atoms with Crippen molar-refractivity contribution in [3.8, 4) is 0 Å². The normalized spacial score (nSPS) is 10.9. The number of hydrogen-bond donors (Lipinski definition) is 1. The lowest BCUT2D eigenvalue weighted by atomic mass is 10.0. The van der Waals surface area contributed by atoms with Crippen molar-refractivity contribution in [2.45, 2.75) is 32.6 Å². The number of anilines is 1. The molecule has 0 bridgehead atoms. The van der Waals surface area contributed by atoms with Crippen molar-refractivity contribution in [2.24, 2.45) is 0 Å². The van der Waals surface area contributed by atoms with E-state index in [1.165, 1.54) is 17.7 Å². The number of methoxy groups -OCH3 is 1. The van der Waals surface area contributed by atoms with Crippen LogP contribution in [0.25, 0.3) is 0 Å². The van der Waals surface area contributed by atoms with Crippen LogP contribution in [0.4, 0.5) is 5.13 Å². The highest BCUT2D eigenvalue weighted by Crippen LogP contribution is 2.30. The van der Waals surface area contributed by atoms with E-state index in [9.17, 15) is 0 Å². The van der Waals surface area contributed by atoms with Gasteiger partial charge in [-0.15, -0.1) is 11.3 Å². The van der Waals surface area contributed by atoms with Crippen LogP contribution in [0.3, 0.4) is 0 Å². The average molecular weight is 228 g/mol. The van der Waals surface area contributed by atoms with Crippen LogP contribution >= 0.6 is 11.3 Å². The van der Waals surface area contributed by atoms with E-state index in [1.54, 1.807) is 18.4 Å². The summed E-state index contributed by atoms with van der Waals surface area (Å²) in [7, 11) is 1.71. The predicted molar refractivity (Wildman–Crippen MR) is 65.8 cm³/mol. The highest BCUT2D eigenvalue weighted by Gasteiger charge is 2.10. The lowest BCUT2D eigenvalue weighted by Crippen LogP contribution is -2.06. The third kappa shape index (κ3) is 3.80. The Morgan fingerprint density at radius 2 is 2.20 bits per heavy atom. The number of aromatic nitrogens is 1. The Hall–Kier alpha value is -0.610. The minimum Gasteiger partial charge on any atom is -0.383 e. The minimum atomic E-state index is 0.667. The zero-order valence-electron chi connectivity index (χ0n) is 9.75. The molecular formula is C11H20N2OS. The quantitative estimate of drug-likeness (QED) is 0.728. The van der Waals surface area contributed by atoms with Crippen LogP contribution in [0, 0.1) is 0 Å². The molecule has 1 N–H and O–H groups in total. The molecule has 0 saturated carbocycles. The first-order chi connectivity index (χ1) is 7.31. The predicted octanol–water partition coefficient (Wildman–Crippen LogP) is 3.11. The highest BCUT2D eigenvalue weighted by molar-refractivity contribution is 7.15. The maximum Gasteiger partial charge on any atom is 0.182 e. The third-order valence-electron chi connectivity index (χ3n) is 2.49. The molecule has 0 aromatic carbocycles. The monoisotopic (exact) mass is 228 g/mol. The molecule has 15 heavy (non-hydrogen) atoms. The molecule has 0 unspecified atom stereocenters. The second-order valence-electron chi connectivity index (χ2n) is 3.50. The molecule has 0 saturated heterocycles. The number of rotatable bonds is 7. The van der Waals surface area contributed by atoms with Gasteiger partial charge in [0.05, 0.1) is 6.61 Å². The van der Waals surface area contributed by atoms with Gasteiger partial charge in [0.1, 0.15) is 0 Å². The molecule has 1 aromatic heterocycles. The van der Waals surface area contributed by atoms with Crippen molar-refractivity contribution in [3.05, 3.63) is 11.1 Å². The molecule has 3 nitrogen and oxygen atoms in total. The Kier molecular flexibility index (Phi) is 5.65. The van der Waals surface area contributed by atoms with Crippen LogP contribution in [0.2, 0.25) is 0 Å². The smallest absolute Gasteiger partial charge is 0.182 e. The summed E-state index contributed by atoms with van der Waals surface area (Å²) in [6.45, 7) is 6.00. The molecule has 86 valence electrons. The molecular weight excluding hydrogens is 208 g/mol. The first-order valence-corrected chi connectivity index (χ1v) is 6.32. The third-order valence-corrected chi connectivity index (χ3v) is 3.61. The van der Waals surface area contributed by atoms with Crippen LogP contribution in [0.1, 0.15) is 37.5 Å². The molecule has 1 rings (SSSR count). The van der Waals surface area contributed by atoms with E-state index in [2.05, 4.69) is 24.1 Å². The Morgan fingerprint density at radius 1 is 1.47 bits per heavy atom. The molecule has 0 fully saturated rings. The summed E-state index contributed by atoms with van der Waals surface area (Å²) in [6, 6.07) is 0. The van der Waals surface area contributed by atoms with Crippen molar-refractivity contribution in [1.82, 2.24) is 4.98 Å². The molecule has 4 heteroatoms. The van der Waals surface area contributed by atoms with Crippen molar-refractivity contribution >= 4 is 16.5 Å². The Labute approximate surface area is 95.9 Å². The van der Waals surface area contributed by atoms with Crippen LogP contribution in [-0.2, 0) is 4.74 Å². The summed E-state index contributed by atoms with van der Waals surface area (Å²) in [5.74, 6) is 0.667. The van der Waals surface area contributed by atoms with Gasteiger partial charge in [-0.25, -0.2) is 4.98 Å². The molecule has 0 radical (unpaired) electrons. The molecule has 0 aliphatic heterocycles. The van der Waals surface area contributed by atoms with E-state index >= 15 is 0 Å². The summed E-state index contributed by atoms with van der Waals surface area (Å²) in [5.41, 5.74) is 0. The summed E-state index contributed by atoms with van der Waals surface area (Å²) in [6.07, 6.45) is 4.38. The standard InChI is InChI=1S/C11H20N2OS/c1-4-9(5-2)10-8-13-11(15-10)12-6-7-14-3/h8-9H,4-7H2,1-3H3,(H,12,13). The van der Waals surface area contributed by atoms with Gasteiger partial charge in [0.2, 0.25) is 0 Å². The van der Waals surface area contributed by atoms with Gasteiger partial charge in [0.25, 0.3) is 0 Å². The van der Waals surface area contributed by atoms with Crippen LogP contribution in [0.15, 0.2) is 6.20 Å². The fraction of sp³-hybridized carbons (Fsp3) is 0.727. The maximum absolute atomic E-state index is 4.97. The van der Waals surface area contributed by atoms with E-state index in [0.29, 0.717) is 5.92 Å². The Bertz CT molecular complexity index is 271. The zero-order valence-corrected chi connectivity index (χ0v) is 10.6. The van der Waals surface area contributed by atoms with Gasteiger partial charge in [-0.3, -0.25) is 0 Å². The lowest BCUT2D eigenvalue weighted by Gasteiger charge is -2.07. The van der Waals surface area contributed by atoms with E-state index in [1.807, 2.05) is 6.20 Å². The SMILES string of the molecule is CCC(CC)c1cnc(NCCOC)s1. The number of nitrogens with one attached hydrogen (secondary N) is 1. The molecule has 1 heterocycles. The van der Waals surface area contributed by atoms with Crippen molar-refractivity contribution in [3.63, 3.8) is 0 Å². The molecule has 0 aliphatic carbocycles. The molecule has 0 spiro atoms. The molecule has 0 atom stereocenters. The number of nitrogens with zero attached hydrogens (tertiary/aromatic N) is 1. The largest absolute Gasteiger partial charge is 0.383 e. The highest BCUT2D eigenvalue weighted by atomic mass is 32.1. The van der Waals surface area contributed by atoms with Gasteiger partial charge in [-0.05, 0) is 18.8 Å². The summed E-state index contributed by atoms with van der Waals surface area (Å²) in [4.78, 5) is 5.75. The van der Waals surface area contributed by atoms with Crippen molar-refractivity contribution in [2.75, 3.05) is 25.6 Å². The van der Waals surface area contributed by atoms with E-state index in [0.717, 1.165) is 18.3 Å². The number of thiazole rings is 1. The number of hydrogen-bond acceptors (Lipinski definition) is 4. The fourth-order valence-corrected chi connectivity index (χ4v) is 2.62. The number of ether oxygens (including phenoxy) is 1. The fourth-order valence-electron chi connectivity index (χ4n) is 1.51. The summed E-state index contributed by atoms with van der Waals surface area (Å²) < 4.78 is 4.97. The summed E-state index contributed by atoms with van der Waals surface area (Å²) >= 11 is 1.76. The van der Waals surface area contributed by atoms with Crippen LogP contribution < -0.4 is 5.32 Å². The van der Waals surface area contributed by atoms with Gasteiger partial charge < -0.3 is 10.1 Å². The van der Waals surface area contributed by atoms with E-state index in [-0.39, 0.29) is 0 Å². The van der Waals surface area contributed by atoms with Gasteiger partial charge in [-0.2, -0.15) is 0 Å². The zero-order chi connectivity index (χ0) is 11.1. The second-order valence-corrected chi connectivity index (χ2v) is 4.56. The van der Waals surface area contributed by atoms with Gasteiger partial charge in [0, 0.05) is 24.7 Å². The van der Waals surface area contributed by atoms with E-state index in [4.69, 9.17) is 4.74 Å². The summed E-state index contributed by atoms with van der Waals surface area (Å²) in [5, 5.41) is 4.26. The molecule has 1 aromatic rings. The topological polar surface area (TPSA) is 34.2 Å². The second kappa shape index (κ2) is 6.80. The molecule has 0 amide bonds. The van der Waals surface area contributed by atoms with Crippen LogP contribution in [0.5, 0.6) is 0 Å².